The van der Waals surface area contributed by atoms with Gasteiger partial charge in [0, 0.05) is 23.0 Å². The van der Waals surface area contributed by atoms with Crippen LogP contribution in [0, 0.1) is 13.8 Å². The molecule has 0 heterocycles. The van der Waals surface area contributed by atoms with Crippen molar-refractivity contribution in [2.45, 2.75) is 26.0 Å². The maximum absolute atomic E-state index is 5.89. The SMILES string of the molecule is Cc1ccc(C)c(NC(=S)NCCCSCc2ccc(Cl)cc2)c1. The van der Waals surface area contributed by atoms with Crippen molar-refractivity contribution in [2.24, 2.45) is 0 Å². The Kier molecular flexibility index (Phi) is 7.89. The van der Waals surface area contributed by atoms with Gasteiger partial charge in [0.25, 0.3) is 0 Å². The summed E-state index contributed by atoms with van der Waals surface area (Å²) in [6, 6.07) is 14.4. The van der Waals surface area contributed by atoms with Gasteiger partial charge in [0.05, 0.1) is 0 Å². The van der Waals surface area contributed by atoms with Crippen LogP contribution in [0.2, 0.25) is 5.02 Å². The van der Waals surface area contributed by atoms with Crippen molar-refractivity contribution in [3.8, 4) is 0 Å². The molecule has 2 nitrogen and oxygen atoms in total. The smallest absolute Gasteiger partial charge is 0.170 e. The van der Waals surface area contributed by atoms with Crippen molar-refractivity contribution >= 4 is 46.4 Å². The van der Waals surface area contributed by atoms with Gasteiger partial charge in [-0.2, -0.15) is 11.8 Å². The molecule has 0 spiro atoms. The van der Waals surface area contributed by atoms with Crippen LogP contribution in [0.5, 0.6) is 0 Å². The van der Waals surface area contributed by atoms with E-state index in [2.05, 4.69) is 54.8 Å². The molecule has 0 unspecified atom stereocenters. The maximum Gasteiger partial charge on any atom is 0.170 e. The summed E-state index contributed by atoms with van der Waals surface area (Å²) in [5, 5.41) is 8.02. The Hall–Kier alpha value is -1.23. The van der Waals surface area contributed by atoms with Gasteiger partial charge in [-0.1, -0.05) is 35.9 Å². The van der Waals surface area contributed by atoms with Crippen molar-refractivity contribution in [2.75, 3.05) is 17.6 Å². The molecule has 2 rings (SSSR count). The summed E-state index contributed by atoms with van der Waals surface area (Å²) in [5.74, 6) is 2.12. The molecule has 0 aliphatic rings. The summed E-state index contributed by atoms with van der Waals surface area (Å²) in [4.78, 5) is 0. The average molecular weight is 379 g/mol. The summed E-state index contributed by atoms with van der Waals surface area (Å²) >= 11 is 13.2. The molecule has 2 aromatic carbocycles. The molecule has 0 aliphatic heterocycles. The number of thiocarbonyl (C=S) groups is 1. The zero-order valence-electron chi connectivity index (χ0n) is 14.1. The van der Waals surface area contributed by atoms with E-state index in [9.17, 15) is 0 Å². The van der Waals surface area contributed by atoms with Crippen molar-refractivity contribution in [1.82, 2.24) is 5.32 Å². The number of halogens is 1. The summed E-state index contributed by atoms with van der Waals surface area (Å²) in [7, 11) is 0. The normalized spacial score (nSPS) is 10.5. The first-order valence-corrected chi connectivity index (χ1v) is 9.93. The van der Waals surface area contributed by atoms with E-state index in [4.69, 9.17) is 23.8 Å². The number of rotatable bonds is 7. The van der Waals surface area contributed by atoms with Gasteiger partial charge in [0.2, 0.25) is 0 Å². The number of hydrogen-bond acceptors (Lipinski definition) is 2. The lowest BCUT2D eigenvalue weighted by Crippen LogP contribution is -2.29. The third-order valence-electron chi connectivity index (χ3n) is 3.57. The summed E-state index contributed by atoms with van der Waals surface area (Å²) < 4.78 is 0. The zero-order chi connectivity index (χ0) is 17.4. The third-order valence-corrected chi connectivity index (χ3v) is 5.19. The molecule has 0 bridgehead atoms. The van der Waals surface area contributed by atoms with E-state index in [1.165, 1.54) is 16.7 Å². The van der Waals surface area contributed by atoms with Gasteiger partial charge in [-0.3, -0.25) is 0 Å². The van der Waals surface area contributed by atoms with E-state index in [0.717, 1.165) is 35.2 Å². The molecule has 2 N–H and O–H groups in total. The molecule has 2 aromatic rings. The lowest BCUT2D eigenvalue weighted by atomic mass is 10.1. The highest BCUT2D eigenvalue weighted by molar-refractivity contribution is 7.98. The van der Waals surface area contributed by atoms with Crippen LogP contribution < -0.4 is 10.6 Å². The topological polar surface area (TPSA) is 24.1 Å². The fourth-order valence-corrected chi connectivity index (χ4v) is 3.44. The maximum atomic E-state index is 5.89. The van der Waals surface area contributed by atoms with E-state index in [1.807, 2.05) is 23.9 Å². The van der Waals surface area contributed by atoms with Gasteiger partial charge in [0.1, 0.15) is 0 Å². The first kappa shape index (κ1) is 19.1. The number of benzene rings is 2. The fraction of sp³-hybridized carbons (Fsp3) is 0.316. The van der Waals surface area contributed by atoms with Gasteiger partial charge in [-0.15, -0.1) is 0 Å². The summed E-state index contributed by atoms with van der Waals surface area (Å²) in [5.41, 5.74) is 4.81. The van der Waals surface area contributed by atoms with E-state index >= 15 is 0 Å². The van der Waals surface area contributed by atoms with Crippen LogP contribution in [-0.2, 0) is 5.75 Å². The molecule has 0 saturated heterocycles. The number of anilines is 1. The predicted octanol–water partition coefficient (Wildman–Crippen LogP) is 5.57. The largest absolute Gasteiger partial charge is 0.362 e. The minimum atomic E-state index is 0.686. The second kappa shape index (κ2) is 9.92. The quantitative estimate of drug-likeness (QED) is 0.486. The first-order valence-electron chi connectivity index (χ1n) is 7.99. The van der Waals surface area contributed by atoms with Crippen molar-refractivity contribution < 1.29 is 0 Å². The highest BCUT2D eigenvalue weighted by Crippen LogP contribution is 2.17. The Balaban J connectivity index is 1.61. The lowest BCUT2D eigenvalue weighted by Gasteiger charge is -2.13. The molecule has 0 radical (unpaired) electrons. The summed E-state index contributed by atoms with van der Waals surface area (Å²) in [6.45, 7) is 5.04. The fourth-order valence-electron chi connectivity index (χ4n) is 2.18. The van der Waals surface area contributed by atoms with Gasteiger partial charge in [0.15, 0.2) is 5.11 Å². The number of thioether (sulfide) groups is 1. The number of aryl methyl sites for hydroxylation is 2. The molecule has 0 saturated carbocycles. The second-order valence-corrected chi connectivity index (χ2v) is 7.68. The van der Waals surface area contributed by atoms with Crippen LogP contribution in [-0.4, -0.2) is 17.4 Å². The highest BCUT2D eigenvalue weighted by Gasteiger charge is 2.01. The average Bonchev–Trinajstić information content (AvgIpc) is 2.56. The molecule has 0 fully saturated rings. The van der Waals surface area contributed by atoms with Gasteiger partial charge < -0.3 is 10.6 Å². The Morgan fingerprint density at radius 3 is 2.62 bits per heavy atom. The molecule has 0 aromatic heterocycles. The lowest BCUT2D eigenvalue weighted by molar-refractivity contribution is 0.854. The third kappa shape index (κ3) is 6.71. The Bertz CT molecular complexity index is 672. The molecular formula is C19H23ClN2S2. The number of hydrogen-bond donors (Lipinski definition) is 2. The molecule has 5 heteroatoms. The van der Waals surface area contributed by atoms with Crippen LogP contribution in [0.4, 0.5) is 5.69 Å². The van der Waals surface area contributed by atoms with Gasteiger partial charge in [-0.05, 0) is 73.1 Å². The second-order valence-electron chi connectivity index (χ2n) is 5.73. The Morgan fingerprint density at radius 1 is 1.12 bits per heavy atom. The van der Waals surface area contributed by atoms with Crippen LogP contribution in [0.25, 0.3) is 0 Å². The van der Waals surface area contributed by atoms with Crippen LogP contribution in [0.3, 0.4) is 0 Å². The van der Waals surface area contributed by atoms with Crippen molar-refractivity contribution in [3.63, 3.8) is 0 Å². The zero-order valence-corrected chi connectivity index (χ0v) is 16.5. The van der Waals surface area contributed by atoms with Gasteiger partial charge in [-0.25, -0.2) is 0 Å². The standard InChI is InChI=1S/C19H23ClN2S2/c1-14-4-5-15(2)18(12-14)22-19(23)21-10-3-11-24-13-16-6-8-17(20)9-7-16/h4-9,12H,3,10-11,13H2,1-2H3,(H2,21,22,23). The van der Waals surface area contributed by atoms with E-state index in [-0.39, 0.29) is 0 Å². The Morgan fingerprint density at radius 2 is 1.88 bits per heavy atom. The Labute approximate surface area is 159 Å². The van der Waals surface area contributed by atoms with Gasteiger partial charge >= 0.3 is 0 Å². The molecule has 0 atom stereocenters. The molecule has 0 aliphatic carbocycles. The highest BCUT2D eigenvalue weighted by atomic mass is 35.5. The predicted molar refractivity (Wildman–Crippen MR) is 112 cm³/mol. The number of nitrogens with one attached hydrogen (secondary N) is 2. The summed E-state index contributed by atoms with van der Waals surface area (Å²) in [6.07, 6.45) is 1.08. The minimum absolute atomic E-state index is 0.686. The van der Waals surface area contributed by atoms with Crippen molar-refractivity contribution in [3.05, 3.63) is 64.2 Å². The van der Waals surface area contributed by atoms with E-state index < -0.39 is 0 Å². The van der Waals surface area contributed by atoms with Crippen molar-refractivity contribution in [1.29, 1.82) is 0 Å². The van der Waals surface area contributed by atoms with E-state index in [0.29, 0.717) is 5.11 Å². The molecule has 0 amide bonds. The first-order chi connectivity index (χ1) is 11.5. The molecule has 24 heavy (non-hydrogen) atoms. The molecule has 128 valence electrons. The molecular weight excluding hydrogens is 356 g/mol. The van der Waals surface area contributed by atoms with Crippen LogP contribution in [0.1, 0.15) is 23.1 Å². The van der Waals surface area contributed by atoms with Crippen LogP contribution in [0.15, 0.2) is 42.5 Å². The van der Waals surface area contributed by atoms with E-state index in [1.54, 1.807) is 0 Å². The monoisotopic (exact) mass is 378 g/mol. The minimum Gasteiger partial charge on any atom is -0.362 e. The van der Waals surface area contributed by atoms with Crippen LogP contribution >= 0.6 is 35.6 Å².